The molecule has 2 aromatic rings. The van der Waals surface area contributed by atoms with Gasteiger partial charge in [-0.1, -0.05) is 36.4 Å². The molecule has 2 amide bonds. The minimum atomic E-state index is -3.68. The zero-order valence-corrected chi connectivity index (χ0v) is 15.4. The van der Waals surface area contributed by atoms with Crippen molar-refractivity contribution in [2.75, 3.05) is 13.7 Å². The highest BCUT2D eigenvalue weighted by Crippen LogP contribution is 2.10. The third-order valence-corrected chi connectivity index (χ3v) is 4.74. The summed E-state index contributed by atoms with van der Waals surface area (Å²) in [6, 6.07) is 13.8. The molecule has 0 aliphatic carbocycles. The van der Waals surface area contributed by atoms with Gasteiger partial charge < -0.3 is 15.4 Å². The second-order valence-electron chi connectivity index (χ2n) is 5.75. The van der Waals surface area contributed by atoms with Gasteiger partial charge in [-0.3, -0.25) is 0 Å². The van der Waals surface area contributed by atoms with Crippen LogP contribution in [0.25, 0.3) is 0 Å². The van der Waals surface area contributed by atoms with E-state index in [4.69, 9.17) is 9.88 Å². The molecule has 0 bridgehead atoms. The third kappa shape index (κ3) is 6.14. The van der Waals surface area contributed by atoms with E-state index in [1.54, 1.807) is 19.2 Å². The van der Waals surface area contributed by atoms with E-state index in [-0.39, 0.29) is 10.9 Å². The van der Waals surface area contributed by atoms with Crippen molar-refractivity contribution < 1.29 is 17.9 Å². The van der Waals surface area contributed by atoms with Gasteiger partial charge in [0.2, 0.25) is 10.0 Å². The van der Waals surface area contributed by atoms with Crippen molar-refractivity contribution in [3.05, 3.63) is 65.2 Å². The van der Waals surface area contributed by atoms with Gasteiger partial charge in [0, 0.05) is 20.2 Å². The largest absolute Gasteiger partial charge is 0.380 e. The van der Waals surface area contributed by atoms with Crippen LogP contribution in [0.4, 0.5) is 4.79 Å². The number of methoxy groups -OCH3 is 1. The maximum Gasteiger partial charge on any atom is 0.315 e. The lowest BCUT2D eigenvalue weighted by Gasteiger charge is -2.11. The standard InChI is InChI=1S/C18H23N3O4S/c1-25-13-16-5-3-2-4-15(16)12-21-18(22)20-11-10-14-6-8-17(9-7-14)26(19,23)24/h2-9H,10-13H2,1H3,(H2,19,23,24)(H2,20,21,22). The van der Waals surface area contributed by atoms with Crippen molar-refractivity contribution in [1.82, 2.24) is 10.6 Å². The maximum atomic E-state index is 11.9. The lowest BCUT2D eigenvalue weighted by atomic mass is 10.1. The van der Waals surface area contributed by atoms with Crippen LogP contribution in [0.15, 0.2) is 53.4 Å². The molecule has 7 nitrogen and oxygen atoms in total. The first-order valence-electron chi connectivity index (χ1n) is 8.09. The molecule has 2 rings (SSSR count). The number of amides is 2. The van der Waals surface area contributed by atoms with Gasteiger partial charge in [-0.05, 0) is 35.2 Å². The molecule has 140 valence electrons. The topological polar surface area (TPSA) is 111 Å². The smallest absolute Gasteiger partial charge is 0.315 e. The van der Waals surface area contributed by atoms with Crippen LogP contribution in [0.5, 0.6) is 0 Å². The van der Waals surface area contributed by atoms with E-state index in [1.807, 2.05) is 24.3 Å². The molecule has 0 spiro atoms. The Balaban J connectivity index is 1.77. The Morgan fingerprint density at radius 2 is 1.69 bits per heavy atom. The van der Waals surface area contributed by atoms with Gasteiger partial charge in [0.05, 0.1) is 11.5 Å². The summed E-state index contributed by atoms with van der Waals surface area (Å²) in [5.41, 5.74) is 2.94. The van der Waals surface area contributed by atoms with Crippen LogP contribution in [0.1, 0.15) is 16.7 Å². The lowest BCUT2D eigenvalue weighted by Crippen LogP contribution is -2.36. The molecule has 0 aliphatic heterocycles. The summed E-state index contributed by atoms with van der Waals surface area (Å²) in [5.74, 6) is 0. The monoisotopic (exact) mass is 377 g/mol. The average Bonchev–Trinajstić information content (AvgIpc) is 2.61. The van der Waals surface area contributed by atoms with Gasteiger partial charge in [-0.2, -0.15) is 0 Å². The molecule has 0 aromatic heterocycles. The molecule has 2 aromatic carbocycles. The number of primary sulfonamides is 1. The van der Waals surface area contributed by atoms with Crippen LogP contribution in [-0.2, 0) is 34.3 Å². The van der Waals surface area contributed by atoms with E-state index < -0.39 is 10.0 Å². The van der Waals surface area contributed by atoms with Crippen molar-refractivity contribution in [2.24, 2.45) is 5.14 Å². The SMILES string of the molecule is COCc1ccccc1CNC(=O)NCCc1ccc(S(N)(=O)=O)cc1. The summed E-state index contributed by atoms with van der Waals surface area (Å²) in [7, 11) is -2.05. The molecule has 0 atom stereocenters. The molecule has 0 saturated heterocycles. The Kier molecular flexibility index (Phi) is 7.14. The average molecular weight is 377 g/mol. The summed E-state index contributed by atoms with van der Waals surface area (Å²) < 4.78 is 27.6. The number of urea groups is 1. The van der Waals surface area contributed by atoms with Crippen LogP contribution in [-0.4, -0.2) is 28.1 Å². The van der Waals surface area contributed by atoms with Crippen LogP contribution in [0.3, 0.4) is 0 Å². The Morgan fingerprint density at radius 1 is 1.04 bits per heavy atom. The predicted molar refractivity (Wildman–Crippen MR) is 98.9 cm³/mol. The Labute approximate surface area is 153 Å². The highest BCUT2D eigenvalue weighted by molar-refractivity contribution is 7.89. The summed E-state index contributed by atoms with van der Waals surface area (Å²) >= 11 is 0. The number of benzene rings is 2. The third-order valence-electron chi connectivity index (χ3n) is 3.81. The van der Waals surface area contributed by atoms with Crippen LogP contribution in [0.2, 0.25) is 0 Å². The fraction of sp³-hybridized carbons (Fsp3) is 0.278. The van der Waals surface area contributed by atoms with Gasteiger partial charge >= 0.3 is 6.03 Å². The quantitative estimate of drug-likeness (QED) is 0.648. The van der Waals surface area contributed by atoms with Crippen molar-refractivity contribution in [1.29, 1.82) is 0 Å². The summed E-state index contributed by atoms with van der Waals surface area (Å²) in [6.45, 7) is 1.34. The van der Waals surface area contributed by atoms with Gasteiger partial charge in [0.15, 0.2) is 0 Å². The molecule has 0 saturated carbocycles. The fourth-order valence-electron chi connectivity index (χ4n) is 2.43. The Morgan fingerprint density at radius 3 is 2.31 bits per heavy atom. The molecule has 0 heterocycles. The molecule has 0 aliphatic rings. The zero-order valence-electron chi connectivity index (χ0n) is 14.6. The number of sulfonamides is 1. The predicted octanol–water partition coefficient (Wildman–Crippen LogP) is 1.52. The number of hydrogen-bond donors (Lipinski definition) is 3. The lowest BCUT2D eigenvalue weighted by molar-refractivity contribution is 0.184. The van der Waals surface area contributed by atoms with Crippen molar-refractivity contribution in [3.63, 3.8) is 0 Å². The molecular formula is C18H23N3O4S. The Hall–Kier alpha value is -2.42. The molecule has 0 unspecified atom stereocenters. The van der Waals surface area contributed by atoms with E-state index in [0.717, 1.165) is 16.7 Å². The highest BCUT2D eigenvalue weighted by atomic mass is 32.2. The molecular weight excluding hydrogens is 354 g/mol. The molecule has 26 heavy (non-hydrogen) atoms. The second kappa shape index (κ2) is 9.33. The van der Waals surface area contributed by atoms with Crippen molar-refractivity contribution in [3.8, 4) is 0 Å². The van der Waals surface area contributed by atoms with E-state index in [2.05, 4.69) is 10.6 Å². The fourth-order valence-corrected chi connectivity index (χ4v) is 2.95. The van der Waals surface area contributed by atoms with Crippen molar-refractivity contribution in [2.45, 2.75) is 24.5 Å². The summed E-state index contributed by atoms with van der Waals surface area (Å²) in [4.78, 5) is 12.0. The summed E-state index contributed by atoms with van der Waals surface area (Å²) in [5, 5.41) is 10.6. The number of carbonyl (C=O) groups is 1. The van der Waals surface area contributed by atoms with Crippen molar-refractivity contribution >= 4 is 16.1 Å². The van der Waals surface area contributed by atoms with E-state index in [1.165, 1.54) is 12.1 Å². The molecule has 8 heteroatoms. The minimum absolute atomic E-state index is 0.0710. The highest BCUT2D eigenvalue weighted by Gasteiger charge is 2.07. The number of carbonyl (C=O) groups excluding carboxylic acids is 1. The number of ether oxygens (including phenoxy) is 1. The number of rotatable bonds is 8. The van der Waals surface area contributed by atoms with Crippen LogP contribution < -0.4 is 15.8 Å². The number of nitrogens with one attached hydrogen (secondary N) is 2. The zero-order chi connectivity index (χ0) is 19.0. The van der Waals surface area contributed by atoms with Crippen LogP contribution in [0, 0.1) is 0 Å². The van der Waals surface area contributed by atoms with Gasteiger partial charge in [0.25, 0.3) is 0 Å². The van der Waals surface area contributed by atoms with Gasteiger partial charge in [-0.25, -0.2) is 18.4 Å². The first-order valence-corrected chi connectivity index (χ1v) is 9.64. The number of hydrogen-bond acceptors (Lipinski definition) is 4. The van der Waals surface area contributed by atoms with Crippen LogP contribution >= 0.6 is 0 Å². The second-order valence-corrected chi connectivity index (χ2v) is 7.31. The minimum Gasteiger partial charge on any atom is -0.380 e. The first-order chi connectivity index (χ1) is 12.4. The number of nitrogens with two attached hydrogens (primary N) is 1. The van der Waals surface area contributed by atoms with E-state index in [9.17, 15) is 13.2 Å². The summed E-state index contributed by atoms with van der Waals surface area (Å²) in [6.07, 6.45) is 0.582. The molecule has 0 fully saturated rings. The maximum absolute atomic E-state index is 11.9. The van der Waals surface area contributed by atoms with Gasteiger partial charge in [0.1, 0.15) is 0 Å². The van der Waals surface area contributed by atoms with Gasteiger partial charge in [-0.15, -0.1) is 0 Å². The normalized spacial score (nSPS) is 11.2. The Bertz CT molecular complexity index is 836. The molecule has 4 N–H and O–H groups in total. The molecule has 0 radical (unpaired) electrons. The van der Waals surface area contributed by atoms with E-state index >= 15 is 0 Å². The first kappa shape index (κ1) is 19.9. The van der Waals surface area contributed by atoms with E-state index in [0.29, 0.717) is 26.1 Å².